The highest BCUT2D eigenvalue weighted by Crippen LogP contribution is 2.41. The molecule has 0 bridgehead atoms. The molecule has 0 aromatic heterocycles. The molecule has 0 saturated carbocycles. The maximum absolute atomic E-state index is 11.9. The van der Waals surface area contributed by atoms with E-state index in [9.17, 15) is 19.8 Å². The molecule has 1 aromatic rings. The Labute approximate surface area is 106 Å². The van der Waals surface area contributed by atoms with Crippen LogP contribution in [0.5, 0.6) is 11.5 Å². The minimum absolute atomic E-state index is 0.0768. The summed E-state index contributed by atoms with van der Waals surface area (Å²) in [5.41, 5.74) is 0.530. The lowest BCUT2D eigenvalue weighted by Gasteiger charge is -2.18. The fraction of sp³-hybridized carbons (Fsp3) is 0.167. The van der Waals surface area contributed by atoms with Gasteiger partial charge in [-0.15, -0.1) is 0 Å². The van der Waals surface area contributed by atoms with Crippen molar-refractivity contribution in [1.29, 1.82) is 0 Å². The van der Waals surface area contributed by atoms with Gasteiger partial charge in [0.25, 0.3) is 0 Å². The van der Waals surface area contributed by atoms with Crippen molar-refractivity contribution in [3.63, 3.8) is 0 Å². The molecular formula is C12H9BrO4. The highest BCUT2D eigenvalue weighted by Gasteiger charge is 2.32. The molecule has 1 aliphatic rings. The zero-order chi connectivity index (χ0) is 12.9. The first-order valence-corrected chi connectivity index (χ1v) is 5.66. The lowest BCUT2D eigenvalue weighted by atomic mass is 9.88. The van der Waals surface area contributed by atoms with Gasteiger partial charge in [0, 0.05) is 6.08 Å². The summed E-state index contributed by atoms with van der Waals surface area (Å²) in [4.78, 5) is 23.6. The van der Waals surface area contributed by atoms with Crippen molar-refractivity contribution in [2.75, 3.05) is 0 Å². The van der Waals surface area contributed by atoms with E-state index in [-0.39, 0.29) is 27.1 Å². The number of carbonyl (C=O) groups is 2. The second kappa shape index (κ2) is 3.70. The Morgan fingerprint density at radius 3 is 2.00 bits per heavy atom. The number of carbonyl (C=O) groups excluding carboxylic acids is 2. The van der Waals surface area contributed by atoms with Gasteiger partial charge in [-0.2, -0.15) is 0 Å². The largest absolute Gasteiger partial charge is 0.507 e. The fourth-order valence-corrected chi connectivity index (χ4v) is 2.21. The van der Waals surface area contributed by atoms with Crippen molar-refractivity contribution >= 4 is 27.5 Å². The van der Waals surface area contributed by atoms with Gasteiger partial charge in [-0.05, 0) is 40.9 Å². The van der Waals surface area contributed by atoms with Crippen molar-refractivity contribution in [1.82, 2.24) is 0 Å². The van der Waals surface area contributed by atoms with E-state index in [2.05, 4.69) is 15.9 Å². The SMILES string of the molecule is Cc1c(C)c(O)c2c(c1O)C(=O)C=C(Br)C2=O. The van der Waals surface area contributed by atoms with Crippen LogP contribution in [0.2, 0.25) is 0 Å². The van der Waals surface area contributed by atoms with Gasteiger partial charge >= 0.3 is 0 Å². The molecule has 0 heterocycles. The van der Waals surface area contributed by atoms with Crippen LogP contribution in [0.15, 0.2) is 10.6 Å². The third kappa shape index (κ3) is 1.50. The van der Waals surface area contributed by atoms with Crippen molar-refractivity contribution in [3.05, 3.63) is 32.8 Å². The molecule has 1 aliphatic carbocycles. The summed E-state index contributed by atoms with van der Waals surface area (Å²) < 4.78 is 0.0768. The van der Waals surface area contributed by atoms with Crippen LogP contribution in [-0.4, -0.2) is 21.8 Å². The number of fused-ring (bicyclic) bond motifs is 1. The van der Waals surface area contributed by atoms with Gasteiger partial charge in [0.1, 0.15) is 11.5 Å². The van der Waals surface area contributed by atoms with E-state index in [1.54, 1.807) is 13.8 Å². The zero-order valence-electron chi connectivity index (χ0n) is 9.17. The van der Waals surface area contributed by atoms with E-state index in [1.165, 1.54) is 0 Å². The minimum atomic E-state index is -0.504. The zero-order valence-corrected chi connectivity index (χ0v) is 10.8. The Kier molecular flexibility index (Phi) is 2.58. The van der Waals surface area contributed by atoms with Crippen LogP contribution < -0.4 is 0 Å². The Balaban J connectivity index is 2.93. The topological polar surface area (TPSA) is 74.6 Å². The van der Waals surface area contributed by atoms with E-state index in [0.29, 0.717) is 11.1 Å². The predicted octanol–water partition coefficient (Wildman–Crippen LogP) is 2.37. The van der Waals surface area contributed by atoms with Gasteiger partial charge in [-0.1, -0.05) is 0 Å². The number of hydrogen-bond acceptors (Lipinski definition) is 4. The molecule has 4 nitrogen and oxygen atoms in total. The van der Waals surface area contributed by atoms with Crippen molar-refractivity contribution in [2.45, 2.75) is 13.8 Å². The molecular weight excluding hydrogens is 288 g/mol. The van der Waals surface area contributed by atoms with Gasteiger partial charge in [0.05, 0.1) is 15.6 Å². The second-order valence-electron chi connectivity index (χ2n) is 3.88. The summed E-state index contributed by atoms with van der Waals surface area (Å²) in [6, 6.07) is 0. The molecule has 17 heavy (non-hydrogen) atoms. The van der Waals surface area contributed by atoms with E-state index in [0.717, 1.165) is 6.08 Å². The van der Waals surface area contributed by atoms with Crippen LogP contribution in [0.25, 0.3) is 0 Å². The van der Waals surface area contributed by atoms with Gasteiger partial charge in [-0.25, -0.2) is 0 Å². The number of rotatable bonds is 0. The van der Waals surface area contributed by atoms with Crippen LogP contribution in [0.3, 0.4) is 0 Å². The Bertz CT molecular complexity index is 599. The number of benzene rings is 1. The van der Waals surface area contributed by atoms with Crippen LogP contribution in [0, 0.1) is 13.8 Å². The molecule has 0 atom stereocenters. The van der Waals surface area contributed by atoms with Crippen LogP contribution in [0.1, 0.15) is 31.8 Å². The summed E-state index contributed by atoms with van der Waals surface area (Å²) in [6.45, 7) is 3.16. The maximum Gasteiger partial charge on any atom is 0.204 e. The average Bonchev–Trinajstić information content (AvgIpc) is 2.28. The van der Waals surface area contributed by atoms with Crippen LogP contribution in [-0.2, 0) is 0 Å². The number of ketones is 2. The molecule has 0 saturated heterocycles. The average molecular weight is 297 g/mol. The second-order valence-corrected chi connectivity index (χ2v) is 4.74. The van der Waals surface area contributed by atoms with E-state index in [4.69, 9.17) is 0 Å². The lowest BCUT2D eigenvalue weighted by molar-refractivity contribution is 0.0986. The summed E-state index contributed by atoms with van der Waals surface area (Å²) in [7, 11) is 0. The highest BCUT2D eigenvalue weighted by atomic mass is 79.9. The van der Waals surface area contributed by atoms with Gasteiger partial charge in [0.15, 0.2) is 5.78 Å². The van der Waals surface area contributed by atoms with Crippen LogP contribution >= 0.6 is 15.9 Å². The molecule has 88 valence electrons. The van der Waals surface area contributed by atoms with Gasteiger partial charge in [0.2, 0.25) is 5.78 Å². The Morgan fingerprint density at radius 2 is 1.47 bits per heavy atom. The smallest absolute Gasteiger partial charge is 0.204 e. The minimum Gasteiger partial charge on any atom is -0.507 e. The molecule has 0 fully saturated rings. The summed E-state index contributed by atoms with van der Waals surface area (Å²) in [5.74, 6) is -1.50. The molecule has 2 rings (SSSR count). The molecule has 0 radical (unpaired) electrons. The third-order valence-corrected chi connectivity index (χ3v) is 3.53. The molecule has 5 heteroatoms. The first-order valence-electron chi connectivity index (χ1n) is 4.87. The lowest BCUT2D eigenvalue weighted by Crippen LogP contribution is -2.16. The summed E-state index contributed by atoms with van der Waals surface area (Å²) in [5, 5.41) is 19.8. The normalized spacial score (nSPS) is 14.6. The number of Topliss-reactive ketones (excluding diaryl/α,β-unsaturated/α-hetero) is 1. The Morgan fingerprint density at radius 1 is 1.00 bits per heavy atom. The number of halogens is 1. The van der Waals surface area contributed by atoms with E-state index >= 15 is 0 Å². The quantitative estimate of drug-likeness (QED) is 0.721. The monoisotopic (exact) mass is 296 g/mol. The van der Waals surface area contributed by atoms with E-state index in [1.807, 2.05) is 0 Å². The number of aromatic hydroxyl groups is 2. The van der Waals surface area contributed by atoms with Crippen LogP contribution in [0.4, 0.5) is 0 Å². The molecule has 0 amide bonds. The molecule has 0 unspecified atom stereocenters. The standard InChI is InChI=1S/C12H9BrO4/c1-4-5(2)11(16)9-8(10(4)15)7(14)3-6(13)12(9)17/h3,15-16H,1-2H3. The first-order chi connectivity index (χ1) is 7.86. The highest BCUT2D eigenvalue weighted by molar-refractivity contribution is 9.12. The van der Waals surface area contributed by atoms with Crippen molar-refractivity contribution in [2.24, 2.45) is 0 Å². The first kappa shape index (κ1) is 11.9. The number of hydrogen-bond donors (Lipinski definition) is 2. The third-order valence-electron chi connectivity index (χ3n) is 2.94. The van der Waals surface area contributed by atoms with Crippen molar-refractivity contribution in [3.8, 4) is 11.5 Å². The molecule has 2 N–H and O–H groups in total. The Hall–Kier alpha value is -1.62. The summed E-state index contributed by atoms with van der Waals surface area (Å²) >= 11 is 2.96. The van der Waals surface area contributed by atoms with Crippen molar-refractivity contribution < 1.29 is 19.8 Å². The number of phenolic OH excluding ortho intramolecular Hbond substituents is 2. The molecule has 1 aromatic carbocycles. The van der Waals surface area contributed by atoms with Gasteiger partial charge in [-0.3, -0.25) is 9.59 Å². The molecule has 0 aliphatic heterocycles. The van der Waals surface area contributed by atoms with Gasteiger partial charge < -0.3 is 10.2 Å². The predicted molar refractivity (Wildman–Crippen MR) is 64.9 cm³/mol. The fourth-order valence-electron chi connectivity index (χ4n) is 1.80. The number of allylic oxidation sites excluding steroid dienone is 2. The number of phenols is 2. The van der Waals surface area contributed by atoms with E-state index < -0.39 is 11.6 Å². The molecule has 0 spiro atoms. The summed E-state index contributed by atoms with van der Waals surface area (Å²) in [6.07, 6.45) is 1.10. The maximum atomic E-state index is 11.9.